The lowest BCUT2D eigenvalue weighted by molar-refractivity contribution is 0.158. The molecular weight excluding hydrogens is 246 g/mol. The predicted octanol–water partition coefficient (Wildman–Crippen LogP) is 1.89. The quantitative estimate of drug-likeness (QED) is 0.811. The Kier molecular flexibility index (Phi) is 4.27. The zero-order valence-electron chi connectivity index (χ0n) is 11.0. The van der Waals surface area contributed by atoms with Gasteiger partial charge in [-0.3, -0.25) is 0 Å². The van der Waals surface area contributed by atoms with E-state index in [0.717, 1.165) is 16.2 Å². The number of hydrogen-bond acceptors (Lipinski definition) is 4. The fourth-order valence-corrected chi connectivity index (χ4v) is 2.62. The molecule has 0 amide bonds. The first-order chi connectivity index (χ1) is 8.54. The highest BCUT2D eigenvalue weighted by atomic mass is 32.2. The van der Waals surface area contributed by atoms with Gasteiger partial charge in [-0.15, -0.1) is 0 Å². The summed E-state index contributed by atoms with van der Waals surface area (Å²) in [5.74, 6) is 0.650. The van der Waals surface area contributed by atoms with Crippen LogP contribution in [0, 0.1) is 6.92 Å². The maximum absolute atomic E-state index is 9.80. The van der Waals surface area contributed by atoms with Gasteiger partial charge in [-0.2, -0.15) is 0 Å². The first kappa shape index (κ1) is 13.4. The zero-order chi connectivity index (χ0) is 13.1. The molecule has 4 nitrogen and oxygen atoms in total. The number of likely N-dealkylation sites (N-methyl/N-ethyl adjacent to an activating group) is 1. The molecule has 0 spiro atoms. The molecule has 1 aromatic heterocycles. The number of aromatic nitrogens is 2. The van der Waals surface area contributed by atoms with Crippen molar-refractivity contribution in [1.82, 2.24) is 14.9 Å². The Labute approximate surface area is 111 Å². The number of fused-ring (bicyclic) bond motifs is 1. The second-order valence-electron chi connectivity index (χ2n) is 4.79. The molecule has 18 heavy (non-hydrogen) atoms. The highest BCUT2D eigenvalue weighted by Crippen LogP contribution is 2.20. The van der Waals surface area contributed by atoms with E-state index >= 15 is 0 Å². The van der Waals surface area contributed by atoms with Crippen molar-refractivity contribution >= 4 is 22.8 Å². The van der Waals surface area contributed by atoms with Crippen molar-refractivity contribution in [2.45, 2.75) is 18.2 Å². The normalized spacial score (nSPS) is 13.4. The third-order valence-electron chi connectivity index (χ3n) is 2.60. The first-order valence-corrected chi connectivity index (χ1v) is 6.95. The van der Waals surface area contributed by atoms with E-state index in [1.165, 1.54) is 5.56 Å². The number of aromatic amines is 1. The number of rotatable bonds is 5. The minimum atomic E-state index is -0.333. The topological polar surface area (TPSA) is 52.2 Å². The lowest BCUT2D eigenvalue weighted by atomic mass is 10.2. The lowest BCUT2D eigenvalue weighted by Gasteiger charge is -2.14. The molecule has 0 bridgehead atoms. The van der Waals surface area contributed by atoms with Crippen LogP contribution in [-0.4, -0.2) is 52.5 Å². The van der Waals surface area contributed by atoms with Crippen molar-refractivity contribution in [3.8, 4) is 0 Å². The Hall–Kier alpha value is -1.04. The highest BCUT2D eigenvalue weighted by molar-refractivity contribution is 7.99. The Bertz CT molecular complexity index is 524. The molecule has 1 heterocycles. The molecule has 0 aliphatic heterocycles. The summed E-state index contributed by atoms with van der Waals surface area (Å²) in [5, 5.41) is 10.7. The second-order valence-corrected chi connectivity index (χ2v) is 5.80. The van der Waals surface area contributed by atoms with Crippen LogP contribution in [0.2, 0.25) is 0 Å². The van der Waals surface area contributed by atoms with Crippen LogP contribution >= 0.6 is 11.8 Å². The fraction of sp³-hybridized carbons (Fsp3) is 0.462. The van der Waals surface area contributed by atoms with Crippen LogP contribution in [0.1, 0.15) is 5.56 Å². The molecule has 0 saturated carbocycles. The number of imidazole rings is 1. The molecule has 2 rings (SSSR count). The van der Waals surface area contributed by atoms with Gasteiger partial charge >= 0.3 is 0 Å². The summed E-state index contributed by atoms with van der Waals surface area (Å²) in [6, 6.07) is 6.16. The summed E-state index contributed by atoms with van der Waals surface area (Å²) < 4.78 is 0. The summed E-state index contributed by atoms with van der Waals surface area (Å²) in [7, 11) is 3.91. The Morgan fingerprint density at radius 1 is 1.44 bits per heavy atom. The number of nitrogens with zero attached hydrogens (tertiary/aromatic N) is 2. The van der Waals surface area contributed by atoms with Gasteiger partial charge in [-0.1, -0.05) is 17.8 Å². The summed E-state index contributed by atoms with van der Waals surface area (Å²) in [4.78, 5) is 9.74. The molecule has 1 aromatic carbocycles. The molecule has 0 unspecified atom stereocenters. The standard InChI is InChI=1S/C13H19N3OS/c1-9-4-5-11-12(6-9)15-13(14-11)18-8-10(17)7-16(2)3/h4-6,10,17H,7-8H2,1-3H3,(H,14,15)/t10-/m1/s1. The van der Waals surface area contributed by atoms with Gasteiger partial charge in [0.25, 0.3) is 0 Å². The molecule has 5 heteroatoms. The largest absolute Gasteiger partial charge is 0.391 e. The van der Waals surface area contributed by atoms with Gasteiger partial charge in [0.05, 0.1) is 17.1 Å². The number of hydrogen-bond donors (Lipinski definition) is 2. The third-order valence-corrected chi connectivity index (χ3v) is 3.62. The monoisotopic (exact) mass is 265 g/mol. The number of thioether (sulfide) groups is 1. The van der Waals surface area contributed by atoms with Crippen LogP contribution in [0.25, 0.3) is 11.0 Å². The van der Waals surface area contributed by atoms with E-state index in [-0.39, 0.29) is 6.10 Å². The summed E-state index contributed by atoms with van der Waals surface area (Å²) in [5.41, 5.74) is 3.25. The van der Waals surface area contributed by atoms with E-state index in [1.54, 1.807) is 11.8 Å². The van der Waals surface area contributed by atoms with E-state index in [1.807, 2.05) is 25.1 Å². The van der Waals surface area contributed by atoms with Crippen molar-refractivity contribution in [1.29, 1.82) is 0 Å². The number of H-pyrrole nitrogens is 1. The molecule has 2 aromatic rings. The number of aliphatic hydroxyl groups is 1. The molecule has 1 atom stereocenters. The van der Waals surface area contributed by atoms with Crippen molar-refractivity contribution in [2.24, 2.45) is 0 Å². The van der Waals surface area contributed by atoms with Crippen molar-refractivity contribution in [3.63, 3.8) is 0 Å². The van der Waals surface area contributed by atoms with E-state index < -0.39 is 0 Å². The Morgan fingerprint density at radius 3 is 2.94 bits per heavy atom. The van der Waals surface area contributed by atoms with Crippen molar-refractivity contribution < 1.29 is 5.11 Å². The van der Waals surface area contributed by atoms with Crippen molar-refractivity contribution in [2.75, 3.05) is 26.4 Å². The third kappa shape index (κ3) is 3.48. The minimum absolute atomic E-state index is 0.333. The summed E-state index contributed by atoms with van der Waals surface area (Å²) in [6.45, 7) is 2.74. The van der Waals surface area contributed by atoms with Crippen LogP contribution in [0.5, 0.6) is 0 Å². The molecule has 98 valence electrons. The molecule has 0 fully saturated rings. The van der Waals surface area contributed by atoms with Gasteiger partial charge in [0.2, 0.25) is 0 Å². The van der Waals surface area contributed by atoms with Crippen molar-refractivity contribution in [3.05, 3.63) is 23.8 Å². The Balaban J connectivity index is 1.99. The molecule has 0 aliphatic rings. The van der Waals surface area contributed by atoms with E-state index in [4.69, 9.17) is 0 Å². The maximum atomic E-state index is 9.80. The fourth-order valence-electron chi connectivity index (χ4n) is 1.82. The summed E-state index contributed by atoms with van der Waals surface area (Å²) in [6.07, 6.45) is -0.333. The van der Waals surface area contributed by atoms with E-state index in [9.17, 15) is 5.11 Å². The SMILES string of the molecule is Cc1ccc2nc(SC[C@H](O)CN(C)C)[nH]c2c1. The number of aryl methyl sites for hydroxylation is 1. The zero-order valence-corrected chi connectivity index (χ0v) is 11.8. The van der Waals surface area contributed by atoms with Gasteiger partial charge in [-0.25, -0.2) is 4.98 Å². The Morgan fingerprint density at radius 2 is 2.22 bits per heavy atom. The molecule has 2 N–H and O–H groups in total. The van der Waals surface area contributed by atoms with Crippen LogP contribution in [0.15, 0.2) is 23.4 Å². The molecule has 0 radical (unpaired) electrons. The minimum Gasteiger partial charge on any atom is -0.391 e. The molecule has 0 aliphatic carbocycles. The van der Waals surface area contributed by atoms with Crippen LogP contribution in [0.3, 0.4) is 0 Å². The van der Waals surface area contributed by atoms with Crippen LogP contribution < -0.4 is 0 Å². The average molecular weight is 265 g/mol. The second kappa shape index (κ2) is 5.73. The predicted molar refractivity (Wildman–Crippen MR) is 76.1 cm³/mol. The van der Waals surface area contributed by atoms with E-state index in [2.05, 4.69) is 29.0 Å². The molecule has 0 saturated heterocycles. The van der Waals surface area contributed by atoms with Gasteiger partial charge in [0.15, 0.2) is 5.16 Å². The van der Waals surface area contributed by atoms with Gasteiger partial charge in [0.1, 0.15) is 0 Å². The summed E-state index contributed by atoms with van der Waals surface area (Å²) >= 11 is 1.56. The van der Waals surface area contributed by atoms with Crippen LogP contribution in [-0.2, 0) is 0 Å². The highest BCUT2D eigenvalue weighted by Gasteiger charge is 2.09. The number of aliphatic hydroxyl groups excluding tert-OH is 1. The number of nitrogens with one attached hydrogen (secondary N) is 1. The first-order valence-electron chi connectivity index (χ1n) is 5.96. The number of benzene rings is 1. The maximum Gasteiger partial charge on any atom is 0.166 e. The smallest absolute Gasteiger partial charge is 0.166 e. The van der Waals surface area contributed by atoms with Gasteiger partial charge in [-0.05, 0) is 38.7 Å². The van der Waals surface area contributed by atoms with Gasteiger partial charge < -0.3 is 15.0 Å². The molecular formula is C13H19N3OS. The van der Waals surface area contributed by atoms with E-state index in [0.29, 0.717) is 12.3 Å². The van der Waals surface area contributed by atoms with Crippen LogP contribution in [0.4, 0.5) is 0 Å². The average Bonchev–Trinajstić information content (AvgIpc) is 2.67. The lowest BCUT2D eigenvalue weighted by Crippen LogP contribution is -2.27. The van der Waals surface area contributed by atoms with Gasteiger partial charge in [0, 0.05) is 12.3 Å².